The maximum Gasteiger partial charge on any atom is 0.258 e. The summed E-state index contributed by atoms with van der Waals surface area (Å²) in [5.41, 5.74) is -0.0360. The predicted octanol–water partition coefficient (Wildman–Crippen LogP) is 2.80. The maximum atomic E-state index is 11.9. The third kappa shape index (κ3) is 3.63. The van der Waals surface area contributed by atoms with E-state index in [0.717, 1.165) is 6.42 Å². The lowest BCUT2D eigenvalue weighted by Gasteiger charge is -2.21. The Hall–Kier alpha value is -1.71. The van der Waals surface area contributed by atoms with E-state index in [1.54, 1.807) is 0 Å². The number of benzene rings is 1. The first-order valence-electron chi connectivity index (χ1n) is 6.97. The molecule has 4 nitrogen and oxygen atoms in total. The number of carbonyl (C=O) groups is 1. The summed E-state index contributed by atoms with van der Waals surface area (Å²) < 4.78 is 0. The van der Waals surface area contributed by atoms with E-state index in [0.29, 0.717) is 12.5 Å². The zero-order valence-corrected chi connectivity index (χ0v) is 11.1. The van der Waals surface area contributed by atoms with Crippen molar-refractivity contribution < 1.29 is 15.0 Å². The van der Waals surface area contributed by atoms with E-state index in [1.165, 1.54) is 50.3 Å². The van der Waals surface area contributed by atoms with Crippen LogP contribution in [-0.2, 0) is 0 Å². The Morgan fingerprint density at radius 2 is 1.79 bits per heavy atom. The van der Waals surface area contributed by atoms with Crippen LogP contribution in [0, 0.1) is 5.92 Å². The molecule has 4 heteroatoms. The molecule has 1 aliphatic rings. The van der Waals surface area contributed by atoms with Gasteiger partial charge in [-0.1, -0.05) is 38.2 Å². The summed E-state index contributed by atoms with van der Waals surface area (Å²) in [6, 6.07) is 4.30. The van der Waals surface area contributed by atoms with Gasteiger partial charge in [0.05, 0.1) is 0 Å². The van der Waals surface area contributed by atoms with Crippen LogP contribution in [0.25, 0.3) is 0 Å². The van der Waals surface area contributed by atoms with Gasteiger partial charge in [0, 0.05) is 6.54 Å². The van der Waals surface area contributed by atoms with Gasteiger partial charge in [0.25, 0.3) is 5.91 Å². The Morgan fingerprint density at radius 3 is 2.42 bits per heavy atom. The smallest absolute Gasteiger partial charge is 0.258 e. The second-order valence-electron chi connectivity index (χ2n) is 5.22. The molecule has 0 radical (unpaired) electrons. The topological polar surface area (TPSA) is 69.6 Å². The zero-order chi connectivity index (χ0) is 13.7. The molecule has 0 saturated heterocycles. The first kappa shape index (κ1) is 13.7. The van der Waals surface area contributed by atoms with E-state index < -0.39 is 5.91 Å². The number of rotatable bonds is 4. The van der Waals surface area contributed by atoms with Crippen molar-refractivity contribution in [3.8, 4) is 11.5 Å². The predicted molar refractivity (Wildman–Crippen MR) is 73.3 cm³/mol. The summed E-state index contributed by atoms with van der Waals surface area (Å²) in [7, 11) is 0. The molecule has 0 heterocycles. The molecular weight excluding hydrogens is 242 g/mol. The summed E-state index contributed by atoms with van der Waals surface area (Å²) in [4.78, 5) is 11.9. The Bertz CT molecular complexity index is 419. The summed E-state index contributed by atoms with van der Waals surface area (Å²) in [5.74, 6) is -0.0799. The molecule has 3 N–H and O–H groups in total. The van der Waals surface area contributed by atoms with Crippen molar-refractivity contribution in [3.05, 3.63) is 23.8 Å². The van der Waals surface area contributed by atoms with E-state index in [9.17, 15) is 15.0 Å². The molecule has 1 saturated carbocycles. The molecule has 104 valence electrons. The van der Waals surface area contributed by atoms with Crippen LogP contribution >= 0.6 is 0 Å². The standard InChI is InChI=1S/C15H21NO3/c17-12-7-4-8-13(18)14(12)15(19)16-10-9-11-5-2-1-3-6-11/h4,7-8,11,17-18H,1-3,5-6,9-10H2,(H,16,19). The van der Waals surface area contributed by atoms with Crippen molar-refractivity contribution in [2.24, 2.45) is 5.92 Å². The molecule has 0 atom stereocenters. The van der Waals surface area contributed by atoms with Gasteiger partial charge in [-0.25, -0.2) is 0 Å². The molecule has 0 aromatic heterocycles. The molecule has 1 fully saturated rings. The minimum atomic E-state index is -0.411. The maximum absolute atomic E-state index is 11.9. The third-order valence-corrected chi connectivity index (χ3v) is 3.81. The van der Waals surface area contributed by atoms with Crippen molar-refractivity contribution in [3.63, 3.8) is 0 Å². The molecule has 0 bridgehead atoms. The summed E-state index contributed by atoms with van der Waals surface area (Å²) in [6.45, 7) is 0.595. The van der Waals surface area contributed by atoms with Crippen LogP contribution < -0.4 is 5.32 Å². The summed E-state index contributed by atoms with van der Waals surface area (Å²) in [5, 5.41) is 21.9. The number of phenolic OH excluding ortho intramolecular Hbond substituents is 2. The fourth-order valence-electron chi connectivity index (χ4n) is 2.71. The fourth-order valence-corrected chi connectivity index (χ4v) is 2.71. The van der Waals surface area contributed by atoms with E-state index in [1.807, 2.05) is 0 Å². The van der Waals surface area contributed by atoms with E-state index in [4.69, 9.17) is 0 Å². The molecule has 19 heavy (non-hydrogen) atoms. The highest BCUT2D eigenvalue weighted by atomic mass is 16.3. The van der Waals surface area contributed by atoms with Crippen LogP contribution in [0.1, 0.15) is 48.9 Å². The lowest BCUT2D eigenvalue weighted by molar-refractivity contribution is 0.0945. The molecule has 1 aliphatic carbocycles. The molecule has 0 unspecified atom stereocenters. The van der Waals surface area contributed by atoms with E-state index >= 15 is 0 Å². The molecule has 1 amide bonds. The van der Waals surface area contributed by atoms with E-state index in [2.05, 4.69) is 5.32 Å². The normalized spacial score (nSPS) is 16.2. The lowest BCUT2D eigenvalue weighted by atomic mass is 9.87. The quantitative estimate of drug-likeness (QED) is 0.782. The van der Waals surface area contributed by atoms with Gasteiger partial charge in [-0.05, 0) is 24.5 Å². The van der Waals surface area contributed by atoms with Gasteiger partial charge in [0.15, 0.2) is 0 Å². The molecule has 0 spiro atoms. The Kier molecular flexibility index (Phi) is 4.66. The highest BCUT2D eigenvalue weighted by molar-refractivity contribution is 5.99. The fraction of sp³-hybridized carbons (Fsp3) is 0.533. The van der Waals surface area contributed by atoms with E-state index in [-0.39, 0.29) is 17.1 Å². The Morgan fingerprint density at radius 1 is 1.16 bits per heavy atom. The number of aromatic hydroxyl groups is 2. The molecular formula is C15H21NO3. The average molecular weight is 263 g/mol. The highest BCUT2D eigenvalue weighted by Gasteiger charge is 2.17. The average Bonchev–Trinajstić information content (AvgIpc) is 2.40. The minimum absolute atomic E-state index is 0.0360. The van der Waals surface area contributed by atoms with Crippen molar-refractivity contribution >= 4 is 5.91 Å². The molecule has 0 aliphatic heterocycles. The second-order valence-corrected chi connectivity index (χ2v) is 5.22. The number of nitrogens with one attached hydrogen (secondary N) is 1. The van der Waals surface area contributed by atoms with Gasteiger partial charge in [0.2, 0.25) is 0 Å². The summed E-state index contributed by atoms with van der Waals surface area (Å²) >= 11 is 0. The Labute approximate surface area is 113 Å². The number of hydrogen-bond donors (Lipinski definition) is 3. The largest absolute Gasteiger partial charge is 0.507 e. The van der Waals surface area contributed by atoms with Crippen LogP contribution in [0.3, 0.4) is 0 Å². The Balaban J connectivity index is 1.84. The summed E-state index contributed by atoms with van der Waals surface area (Å²) in [6.07, 6.45) is 7.38. The lowest BCUT2D eigenvalue weighted by Crippen LogP contribution is -2.26. The van der Waals surface area contributed by atoms with Crippen molar-refractivity contribution in [2.75, 3.05) is 6.54 Å². The minimum Gasteiger partial charge on any atom is -0.507 e. The highest BCUT2D eigenvalue weighted by Crippen LogP contribution is 2.27. The van der Waals surface area contributed by atoms with Crippen LogP contribution in [0.4, 0.5) is 0 Å². The van der Waals surface area contributed by atoms with Crippen LogP contribution in [-0.4, -0.2) is 22.7 Å². The molecule has 1 aromatic rings. The van der Waals surface area contributed by atoms with Crippen LogP contribution in [0.2, 0.25) is 0 Å². The molecule has 1 aromatic carbocycles. The van der Waals surface area contributed by atoms with Crippen LogP contribution in [0.15, 0.2) is 18.2 Å². The van der Waals surface area contributed by atoms with Gasteiger partial charge in [-0.2, -0.15) is 0 Å². The monoisotopic (exact) mass is 263 g/mol. The van der Waals surface area contributed by atoms with Crippen molar-refractivity contribution in [1.82, 2.24) is 5.32 Å². The van der Waals surface area contributed by atoms with Gasteiger partial charge in [-0.15, -0.1) is 0 Å². The third-order valence-electron chi connectivity index (χ3n) is 3.81. The van der Waals surface area contributed by atoms with Gasteiger partial charge in [-0.3, -0.25) is 4.79 Å². The first-order chi connectivity index (χ1) is 9.18. The van der Waals surface area contributed by atoms with Crippen LogP contribution in [0.5, 0.6) is 11.5 Å². The van der Waals surface area contributed by atoms with Crippen molar-refractivity contribution in [1.29, 1.82) is 0 Å². The SMILES string of the molecule is O=C(NCCC1CCCCC1)c1c(O)cccc1O. The van der Waals surface area contributed by atoms with Gasteiger partial charge >= 0.3 is 0 Å². The van der Waals surface area contributed by atoms with Gasteiger partial charge < -0.3 is 15.5 Å². The molecule has 2 rings (SSSR count). The first-order valence-corrected chi connectivity index (χ1v) is 6.97. The number of phenols is 2. The number of carbonyl (C=O) groups excluding carboxylic acids is 1. The second kappa shape index (κ2) is 6.45. The number of amides is 1. The zero-order valence-electron chi connectivity index (χ0n) is 11.1. The number of hydrogen-bond acceptors (Lipinski definition) is 3. The van der Waals surface area contributed by atoms with Gasteiger partial charge in [0.1, 0.15) is 17.1 Å². The van der Waals surface area contributed by atoms with Crippen molar-refractivity contribution in [2.45, 2.75) is 38.5 Å².